The molecule has 0 fully saturated rings. The molecule has 0 aliphatic carbocycles. The van der Waals surface area contributed by atoms with Crippen molar-refractivity contribution in [3.8, 4) is 6.07 Å². The van der Waals surface area contributed by atoms with Crippen LogP contribution < -0.4 is 0 Å². The highest BCUT2D eigenvalue weighted by Gasteiger charge is 1.96. The molecule has 80 valence electrons. The van der Waals surface area contributed by atoms with Gasteiger partial charge in [0.15, 0.2) is 0 Å². The average Bonchev–Trinajstić information content (AvgIpc) is 2.23. The summed E-state index contributed by atoms with van der Waals surface area (Å²) in [4.78, 5) is 2.12. The molecule has 0 rings (SSSR count). The predicted molar refractivity (Wildman–Crippen MR) is 60.7 cm³/mol. The minimum absolute atomic E-state index is 0.574. The van der Waals surface area contributed by atoms with E-state index in [1.807, 2.05) is 27.7 Å². The van der Waals surface area contributed by atoms with Crippen LogP contribution in [0.4, 0.5) is 0 Å². The van der Waals surface area contributed by atoms with Gasteiger partial charge in [0.05, 0.1) is 12.6 Å². The van der Waals surface area contributed by atoms with E-state index in [-0.39, 0.29) is 0 Å². The van der Waals surface area contributed by atoms with Crippen LogP contribution >= 0.6 is 0 Å². The summed E-state index contributed by atoms with van der Waals surface area (Å²) >= 11 is 0. The fourth-order valence-electron chi connectivity index (χ4n) is 0.765. The van der Waals surface area contributed by atoms with Crippen LogP contribution in [-0.2, 0) is 0 Å². The molecule has 0 aromatic rings. The van der Waals surface area contributed by atoms with Crippen LogP contribution in [0.3, 0.4) is 0 Å². The fraction of sp³-hybridized carbons (Fsp3) is 0.909. The van der Waals surface area contributed by atoms with E-state index in [1.165, 1.54) is 0 Å². The smallest absolute Gasteiger partial charge is 0.0865 e. The van der Waals surface area contributed by atoms with Crippen LogP contribution in [-0.4, -0.2) is 24.5 Å². The Morgan fingerprint density at radius 3 is 1.77 bits per heavy atom. The summed E-state index contributed by atoms with van der Waals surface area (Å²) in [6, 6.07) is 2.13. The second kappa shape index (κ2) is 22.5. The van der Waals surface area contributed by atoms with E-state index in [0.717, 1.165) is 19.5 Å². The first-order valence-electron chi connectivity index (χ1n) is 5.44. The van der Waals surface area contributed by atoms with Crippen molar-refractivity contribution >= 4 is 0 Å². The lowest BCUT2D eigenvalue weighted by atomic mass is 10.4. The molecule has 0 unspecified atom stereocenters. The fourth-order valence-corrected chi connectivity index (χ4v) is 0.765. The van der Waals surface area contributed by atoms with Crippen molar-refractivity contribution in [3.63, 3.8) is 0 Å². The molecule has 0 spiro atoms. The zero-order chi connectivity index (χ0) is 11.1. The van der Waals surface area contributed by atoms with E-state index in [0.29, 0.717) is 6.54 Å². The van der Waals surface area contributed by atoms with Gasteiger partial charge in [-0.3, -0.25) is 4.90 Å². The van der Waals surface area contributed by atoms with Crippen LogP contribution in [0.15, 0.2) is 0 Å². The number of nitriles is 1. The summed E-state index contributed by atoms with van der Waals surface area (Å²) in [5.74, 6) is 0. The molecule has 0 aromatic heterocycles. The highest BCUT2D eigenvalue weighted by atomic mass is 15.1. The minimum Gasteiger partial charge on any atom is -0.291 e. The Kier molecular flexibility index (Phi) is 31.7. The third-order valence-electron chi connectivity index (χ3n) is 1.28. The van der Waals surface area contributed by atoms with Crippen molar-refractivity contribution in [2.45, 2.75) is 48.0 Å². The summed E-state index contributed by atoms with van der Waals surface area (Å²) in [5, 5.41) is 8.30. The maximum absolute atomic E-state index is 8.30. The molecular weight excluding hydrogens is 160 g/mol. The molecule has 13 heavy (non-hydrogen) atoms. The molecule has 0 amide bonds. The van der Waals surface area contributed by atoms with Crippen LogP contribution in [0.2, 0.25) is 0 Å². The van der Waals surface area contributed by atoms with Gasteiger partial charge in [-0.1, -0.05) is 41.5 Å². The van der Waals surface area contributed by atoms with Gasteiger partial charge in [-0.25, -0.2) is 0 Å². The molecule has 0 aliphatic heterocycles. The largest absolute Gasteiger partial charge is 0.291 e. The Bertz CT molecular complexity index is 94.8. The Labute approximate surface area is 84.6 Å². The third kappa shape index (κ3) is 18.4. The van der Waals surface area contributed by atoms with Crippen molar-refractivity contribution in [1.29, 1.82) is 5.26 Å². The molecule has 0 aromatic carbocycles. The molecular formula is C11H26N2. The molecule has 0 heterocycles. The topological polar surface area (TPSA) is 27.0 Å². The quantitative estimate of drug-likeness (QED) is 0.630. The maximum Gasteiger partial charge on any atom is 0.0865 e. The molecule has 0 saturated carbocycles. The molecule has 0 atom stereocenters. The van der Waals surface area contributed by atoms with E-state index < -0.39 is 0 Å². The van der Waals surface area contributed by atoms with Crippen LogP contribution in [0, 0.1) is 11.3 Å². The molecule has 0 aliphatic rings. The highest BCUT2D eigenvalue weighted by molar-refractivity contribution is 4.74. The van der Waals surface area contributed by atoms with Gasteiger partial charge in [-0.2, -0.15) is 5.26 Å². The lowest BCUT2D eigenvalue weighted by molar-refractivity contribution is 0.323. The van der Waals surface area contributed by atoms with Gasteiger partial charge in [-0.15, -0.1) is 0 Å². The first-order valence-corrected chi connectivity index (χ1v) is 5.44. The van der Waals surface area contributed by atoms with Crippen molar-refractivity contribution in [1.82, 2.24) is 4.90 Å². The molecule has 2 nitrogen and oxygen atoms in total. The monoisotopic (exact) mass is 186 g/mol. The highest BCUT2D eigenvalue weighted by Crippen LogP contribution is 1.87. The van der Waals surface area contributed by atoms with E-state index in [2.05, 4.69) is 24.8 Å². The van der Waals surface area contributed by atoms with Gasteiger partial charge in [0.2, 0.25) is 0 Å². The van der Waals surface area contributed by atoms with Crippen LogP contribution in [0.1, 0.15) is 48.0 Å². The summed E-state index contributed by atoms with van der Waals surface area (Å²) in [7, 11) is 0. The first-order chi connectivity index (χ1) is 6.35. The Balaban J connectivity index is -0.000000218. The van der Waals surface area contributed by atoms with E-state index in [1.54, 1.807) is 0 Å². The van der Waals surface area contributed by atoms with Crippen molar-refractivity contribution in [3.05, 3.63) is 0 Å². The van der Waals surface area contributed by atoms with Crippen LogP contribution in [0.25, 0.3) is 0 Å². The summed E-state index contributed by atoms with van der Waals surface area (Å²) in [6.45, 7) is 14.8. The normalized spacial score (nSPS) is 7.54. The number of nitrogens with zero attached hydrogens (tertiary/aromatic N) is 2. The SMILES string of the molecule is CC.CC.CCCN(CC)CC#N. The predicted octanol–water partition coefficient (Wildman–Crippen LogP) is 3.29. The lowest BCUT2D eigenvalue weighted by Crippen LogP contribution is -2.24. The average molecular weight is 186 g/mol. The number of hydrogen-bond donors (Lipinski definition) is 0. The zero-order valence-corrected chi connectivity index (χ0v) is 10.2. The van der Waals surface area contributed by atoms with Gasteiger partial charge < -0.3 is 0 Å². The van der Waals surface area contributed by atoms with Gasteiger partial charge in [0.25, 0.3) is 0 Å². The molecule has 0 radical (unpaired) electrons. The Morgan fingerprint density at radius 1 is 1.08 bits per heavy atom. The number of rotatable bonds is 4. The minimum atomic E-state index is 0.574. The van der Waals surface area contributed by atoms with Crippen molar-refractivity contribution < 1.29 is 0 Å². The lowest BCUT2D eigenvalue weighted by Gasteiger charge is -2.13. The Morgan fingerprint density at radius 2 is 1.54 bits per heavy atom. The summed E-state index contributed by atoms with van der Waals surface area (Å²) in [5.41, 5.74) is 0. The van der Waals surface area contributed by atoms with Gasteiger partial charge >= 0.3 is 0 Å². The van der Waals surface area contributed by atoms with Crippen molar-refractivity contribution in [2.75, 3.05) is 19.6 Å². The van der Waals surface area contributed by atoms with Gasteiger partial charge in [0.1, 0.15) is 0 Å². The molecule has 2 heteroatoms. The van der Waals surface area contributed by atoms with Gasteiger partial charge in [-0.05, 0) is 19.5 Å². The van der Waals surface area contributed by atoms with Gasteiger partial charge in [0, 0.05) is 0 Å². The molecule has 0 N–H and O–H groups in total. The third-order valence-corrected chi connectivity index (χ3v) is 1.28. The van der Waals surface area contributed by atoms with Crippen LogP contribution in [0.5, 0.6) is 0 Å². The molecule has 0 saturated heterocycles. The molecule has 0 bridgehead atoms. The Hall–Kier alpha value is -0.550. The van der Waals surface area contributed by atoms with E-state index in [4.69, 9.17) is 5.26 Å². The first kappa shape index (κ1) is 18.3. The van der Waals surface area contributed by atoms with E-state index in [9.17, 15) is 0 Å². The summed E-state index contributed by atoms with van der Waals surface area (Å²) < 4.78 is 0. The second-order valence-corrected chi connectivity index (χ2v) is 2.03. The summed E-state index contributed by atoms with van der Waals surface area (Å²) in [6.07, 6.45) is 1.13. The second-order valence-electron chi connectivity index (χ2n) is 2.03. The van der Waals surface area contributed by atoms with E-state index >= 15 is 0 Å². The standard InChI is InChI=1S/C7H14N2.2C2H6/c1-3-6-9(4-2)7-5-8;2*1-2/h3-4,6-7H2,1-2H3;2*1-2H3. The van der Waals surface area contributed by atoms with Crippen molar-refractivity contribution in [2.24, 2.45) is 0 Å². The zero-order valence-electron chi connectivity index (χ0n) is 10.2. The number of hydrogen-bond acceptors (Lipinski definition) is 2. The maximum atomic E-state index is 8.30.